The van der Waals surface area contributed by atoms with Crippen molar-refractivity contribution in [1.82, 2.24) is 62.5 Å². The smallest absolute Gasteiger partial charge is 0.326 e. The molecule has 8 atom stereocenters. The normalized spacial score (nSPS) is 14.0. The number of carboxylic acid groups (broad SMARTS) is 4. The molecule has 8 amide bonds. The summed E-state index contributed by atoms with van der Waals surface area (Å²) in [5.41, 5.74) is 10.5. The molecule has 2 rings (SSSR count). The number of carbonyl (C=O) groups is 12. The van der Waals surface area contributed by atoms with Crippen molar-refractivity contribution in [2.45, 2.75) is 125 Å². The van der Waals surface area contributed by atoms with Gasteiger partial charge in [-0.15, -0.1) is 0 Å². The molecule has 0 aliphatic carbocycles. The van der Waals surface area contributed by atoms with Crippen molar-refractivity contribution in [2.24, 2.45) is 11.5 Å². The van der Waals surface area contributed by atoms with E-state index in [2.05, 4.69) is 62.5 Å². The lowest BCUT2D eigenvalue weighted by Gasteiger charge is -2.26. The van der Waals surface area contributed by atoms with Crippen LogP contribution in [-0.4, -0.2) is 196 Å². The van der Waals surface area contributed by atoms with Gasteiger partial charge in [-0.05, 0) is 64.5 Å². The van der Waals surface area contributed by atoms with Crippen LogP contribution in [0.5, 0.6) is 0 Å². The number of aliphatic carboxylic acids is 4. The highest BCUT2D eigenvalue weighted by Crippen LogP contribution is 2.12. The molecular formula is C44H64N14O18. The van der Waals surface area contributed by atoms with Crippen molar-refractivity contribution in [1.29, 1.82) is 0 Å². The third-order valence-corrected chi connectivity index (χ3v) is 10.8. The molecule has 0 aliphatic heterocycles. The Labute approximate surface area is 432 Å². The molecule has 2 aromatic heterocycles. The Kier molecular flexibility index (Phi) is 28.7. The van der Waals surface area contributed by atoms with E-state index in [1.54, 1.807) is 0 Å². The third kappa shape index (κ3) is 23.2. The first-order chi connectivity index (χ1) is 36.1. The fourth-order valence-corrected chi connectivity index (χ4v) is 6.82. The largest absolute Gasteiger partial charge is 0.481 e. The monoisotopic (exact) mass is 1080 g/mol. The number of hydrogen-bond donors (Lipinski definition) is 16. The number of unbranched alkanes of at least 4 members (excludes halogenated alkanes) is 3. The average Bonchev–Trinajstić information content (AvgIpc) is 3.38. The van der Waals surface area contributed by atoms with Crippen LogP contribution in [0, 0.1) is 0 Å². The Morgan fingerprint density at radius 3 is 0.974 bits per heavy atom. The zero-order chi connectivity index (χ0) is 56.7. The highest BCUT2D eigenvalue weighted by molar-refractivity contribution is 6.00. The molecular weight excluding hydrogens is 1010 g/mol. The van der Waals surface area contributed by atoms with Gasteiger partial charge in [0.15, 0.2) is 0 Å². The predicted molar refractivity (Wildman–Crippen MR) is 256 cm³/mol. The fourth-order valence-electron chi connectivity index (χ4n) is 6.82. The van der Waals surface area contributed by atoms with Crippen molar-refractivity contribution in [3.63, 3.8) is 0 Å². The second kappa shape index (κ2) is 34.2. The molecule has 0 saturated carbocycles. The molecule has 0 spiro atoms. The molecule has 76 heavy (non-hydrogen) atoms. The van der Waals surface area contributed by atoms with E-state index < -0.39 is 158 Å². The van der Waals surface area contributed by atoms with Crippen LogP contribution in [0.2, 0.25) is 0 Å². The van der Waals surface area contributed by atoms with Gasteiger partial charge < -0.3 is 84.6 Å². The molecule has 0 saturated heterocycles. The molecule has 0 aromatic carbocycles. The molecule has 418 valence electrons. The van der Waals surface area contributed by atoms with E-state index >= 15 is 0 Å². The van der Waals surface area contributed by atoms with Crippen molar-refractivity contribution in [3.05, 3.63) is 48.6 Å². The minimum atomic E-state index is -2.00. The number of amides is 8. The third-order valence-electron chi connectivity index (χ3n) is 10.8. The van der Waals surface area contributed by atoms with E-state index in [0.29, 0.717) is 12.8 Å². The zero-order valence-corrected chi connectivity index (χ0v) is 40.9. The quantitative estimate of drug-likeness (QED) is 0.0280. The topological polar surface area (TPSA) is 526 Å². The second-order valence-corrected chi connectivity index (χ2v) is 16.7. The first kappa shape index (κ1) is 63.8. The summed E-state index contributed by atoms with van der Waals surface area (Å²) in [7, 11) is 0. The van der Waals surface area contributed by atoms with Crippen LogP contribution in [-0.2, 0) is 47.9 Å². The summed E-state index contributed by atoms with van der Waals surface area (Å²) in [6.45, 7) is -1.74. The molecule has 0 radical (unpaired) electrons. The van der Waals surface area contributed by atoms with E-state index in [-0.39, 0.29) is 63.0 Å². The maximum atomic E-state index is 13.8. The first-order valence-corrected chi connectivity index (χ1v) is 23.6. The molecule has 0 fully saturated rings. The minimum Gasteiger partial charge on any atom is -0.481 e. The number of aliphatic hydroxyl groups excluding tert-OH is 2. The van der Waals surface area contributed by atoms with Gasteiger partial charge in [-0.1, -0.05) is 12.8 Å². The van der Waals surface area contributed by atoms with Crippen LogP contribution in [0.15, 0.2) is 37.2 Å². The first-order valence-electron chi connectivity index (χ1n) is 23.6. The number of nitrogens with zero attached hydrogens (tertiary/aromatic N) is 4. The molecule has 0 unspecified atom stereocenters. The van der Waals surface area contributed by atoms with Crippen LogP contribution < -0.4 is 54.0 Å². The van der Waals surface area contributed by atoms with Crippen LogP contribution in [0.4, 0.5) is 0 Å². The molecule has 32 nitrogen and oxygen atoms in total. The molecule has 32 heteroatoms. The molecule has 0 aliphatic rings. The van der Waals surface area contributed by atoms with Crippen LogP contribution >= 0.6 is 0 Å². The van der Waals surface area contributed by atoms with E-state index in [9.17, 15) is 88.2 Å². The van der Waals surface area contributed by atoms with Crippen molar-refractivity contribution in [3.8, 4) is 0 Å². The van der Waals surface area contributed by atoms with Crippen molar-refractivity contribution >= 4 is 71.1 Å². The highest BCUT2D eigenvalue weighted by Gasteiger charge is 2.35. The van der Waals surface area contributed by atoms with E-state index in [1.165, 1.54) is 12.4 Å². The van der Waals surface area contributed by atoms with Gasteiger partial charge in [0.1, 0.15) is 59.7 Å². The molecule has 2 heterocycles. The average molecular weight is 1080 g/mol. The number of hydrogen-bond acceptors (Lipinski definition) is 20. The van der Waals surface area contributed by atoms with Crippen LogP contribution in [0.3, 0.4) is 0 Å². The summed E-state index contributed by atoms with van der Waals surface area (Å²) in [4.78, 5) is 170. The summed E-state index contributed by atoms with van der Waals surface area (Å²) in [6, 6.07) is -14.1. The van der Waals surface area contributed by atoms with Gasteiger partial charge in [0.25, 0.3) is 11.8 Å². The van der Waals surface area contributed by atoms with E-state index in [4.69, 9.17) is 11.5 Å². The molecule has 2 aromatic rings. The summed E-state index contributed by atoms with van der Waals surface area (Å²) >= 11 is 0. The highest BCUT2D eigenvalue weighted by atomic mass is 16.4. The standard InChI is InChI=1S/C44H64N14O18/c45-11-5-3-9-25(43(73)74)53-35(65)23(51-37(67)27(17-33(61)62)55-41(71)31(21-59)57-39(69)29-19-47-13-15-49-29)7-1-2-8-24(36(66)54-26(44(75)76)10-4-6-12-46)52-38(68)28(18-34(63)64)56-42(72)32(22-60)58-40(70)30-20-48-14-16-50-30/h13-16,19-20,23-28,31-32,59-60H,1-12,17-18,21-22,45-46H2,(H,51,67)(H,52,68)(H,53,65)(H,54,66)(H,55,71)(H,56,72)(H,57,69)(H,58,70)(H,61,62)(H,63,64)(H,73,74)(H,75,76)/t23-,24-,25-,26-,27-,28-,31-,32-/m0/s1. The summed E-state index contributed by atoms with van der Waals surface area (Å²) in [5.74, 6) is -15.6. The maximum absolute atomic E-state index is 13.8. The Hall–Kier alpha value is -8.36. The minimum absolute atomic E-state index is 0.124. The number of aliphatic hydroxyl groups is 2. The summed E-state index contributed by atoms with van der Waals surface area (Å²) in [6.07, 6.45) is 4.31. The second-order valence-electron chi connectivity index (χ2n) is 16.7. The van der Waals surface area contributed by atoms with Crippen LogP contribution in [0.25, 0.3) is 0 Å². The van der Waals surface area contributed by atoms with Gasteiger partial charge in [-0.2, -0.15) is 0 Å². The van der Waals surface area contributed by atoms with Crippen molar-refractivity contribution in [2.75, 3.05) is 26.3 Å². The van der Waals surface area contributed by atoms with E-state index in [1.807, 2.05) is 0 Å². The number of rotatable bonds is 37. The number of aromatic nitrogens is 4. The Morgan fingerprint density at radius 1 is 0.395 bits per heavy atom. The van der Waals surface area contributed by atoms with Gasteiger partial charge >= 0.3 is 23.9 Å². The number of nitrogens with one attached hydrogen (secondary N) is 8. The van der Waals surface area contributed by atoms with Gasteiger partial charge in [0, 0.05) is 24.8 Å². The number of carbonyl (C=O) groups excluding carboxylic acids is 8. The fraction of sp³-hybridized carbons (Fsp3) is 0.545. The molecule has 0 bridgehead atoms. The lowest BCUT2D eigenvalue weighted by molar-refractivity contribution is -0.143. The molecule has 18 N–H and O–H groups in total. The Balaban J connectivity index is 2.46. The predicted octanol–water partition coefficient (Wildman–Crippen LogP) is -6.01. The lowest BCUT2D eigenvalue weighted by Crippen LogP contribution is -2.59. The van der Waals surface area contributed by atoms with Gasteiger partial charge in [-0.3, -0.25) is 57.9 Å². The van der Waals surface area contributed by atoms with Crippen molar-refractivity contribution < 1.29 is 88.2 Å². The van der Waals surface area contributed by atoms with E-state index in [0.717, 1.165) is 24.8 Å². The van der Waals surface area contributed by atoms with Gasteiger partial charge in [-0.25, -0.2) is 19.6 Å². The lowest BCUT2D eigenvalue weighted by atomic mass is 10.0. The van der Waals surface area contributed by atoms with Crippen LogP contribution in [0.1, 0.15) is 98.0 Å². The van der Waals surface area contributed by atoms with Gasteiger partial charge in [0.2, 0.25) is 35.4 Å². The Morgan fingerprint density at radius 2 is 0.684 bits per heavy atom. The maximum Gasteiger partial charge on any atom is 0.326 e. The number of carboxylic acids is 4. The number of nitrogens with two attached hydrogens (primary N) is 2. The van der Waals surface area contributed by atoms with Gasteiger partial charge in [0.05, 0.1) is 38.4 Å². The summed E-state index contributed by atoms with van der Waals surface area (Å²) in [5, 5.41) is 76.5. The zero-order valence-electron chi connectivity index (χ0n) is 40.9. The summed E-state index contributed by atoms with van der Waals surface area (Å²) < 4.78 is 0. The Bertz CT molecular complexity index is 2140. The SMILES string of the molecule is NCCCC[C@H](NC(=O)[C@H](CCCC[C@H](NC(=O)[C@H](CC(=O)O)NC(=O)[C@H](CO)NC(=O)c1cnccn1)C(=O)N[C@@H](CCCCN)C(=O)O)NC(=O)[C@H](CC(=O)O)NC(=O)[C@H](CO)NC(=O)c1cnccn1)C(=O)O.